The number of carbonyl (C=O) groups excluding carboxylic acids is 2. The van der Waals surface area contributed by atoms with Gasteiger partial charge < -0.3 is 10.1 Å². The van der Waals surface area contributed by atoms with Crippen LogP contribution in [0.25, 0.3) is 0 Å². The van der Waals surface area contributed by atoms with Crippen LogP contribution in [-0.2, 0) is 19.6 Å². The molecule has 194 valence electrons. The molecule has 1 N–H and O–H groups in total. The summed E-state index contributed by atoms with van der Waals surface area (Å²) in [5.74, 6) is 0.235. The lowest BCUT2D eigenvalue weighted by atomic mass is 10.0. The van der Waals surface area contributed by atoms with E-state index in [4.69, 9.17) is 4.74 Å². The maximum Gasteiger partial charge on any atom is 0.273 e. The number of hydrogen-bond acceptors (Lipinski definition) is 6. The minimum absolute atomic E-state index is 0.0245. The SMILES string of the molecule is CNC(=O)c1cccc(Cn2nc(C)c(CC(=O)c3ccc(COc4cccc([N+](=O)[O-])c4)cc3)c2C)c1. The van der Waals surface area contributed by atoms with Gasteiger partial charge in [-0.2, -0.15) is 5.10 Å². The molecule has 0 aliphatic rings. The summed E-state index contributed by atoms with van der Waals surface area (Å²) in [6.45, 7) is 4.55. The van der Waals surface area contributed by atoms with Crippen molar-refractivity contribution in [1.29, 1.82) is 0 Å². The molecule has 3 aromatic carbocycles. The number of nitro groups is 1. The third kappa shape index (κ3) is 6.12. The standard InChI is InChI=1S/C29H28N4O5/c1-19-27(20(2)32(31-19)17-22-6-4-7-24(14-22)29(35)30-3)16-28(34)23-12-10-21(11-13-23)18-38-26-9-5-8-25(15-26)33(36)37/h4-15H,16-18H2,1-3H3,(H,30,35). The largest absolute Gasteiger partial charge is 0.489 e. The lowest BCUT2D eigenvalue weighted by molar-refractivity contribution is -0.384. The molecule has 1 amide bonds. The Morgan fingerprint density at radius 2 is 1.71 bits per heavy atom. The zero-order valence-corrected chi connectivity index (χ0v) is 21.4. The van der Waals surface area contributed by atoms with Gasteiger partial charge in [0.05, 0.1) is 23.2 Å². The molecule has 0 aliphatic carbocycles. The average molecular weight is 513 g/mol. The van der Waals surface area contributed by atoms with Crippen molar-refractivity contribution >= 4 is 17.4 Å². The second-order valence-electron chi connectivity index (χ2n) is 8.93. The molecular formula is C29H28N4O5. The van der Waals surface area contributed by atoms with Gasteiger partial charge in [-0.1, -0.05) is 42.5 Å². The maximum atomic E-state index is 13.1. The number of amides is 1. The van der Waals surface area contributed by atoms with E-state index in [9.17, 15) is 19.7 Å². The molecular weight excluding hydrogens is 484 g/mol. The quantitative estimate of drug-likeness (QED) is 0.185. The van der Waals surface area contributed by atoms with Gasteiger partial charge in [-0.15, -0.1) is 0 Å². The fourth-order valence-corrected chi connectivity index (χ4v) is 4.17. The average Bonchev–Trinajstić information content (AvgIpc) is 3.19. The molecule has 1 heterocycles. The number of nitrogens with one attached hydrogen (secondary N) is 1. The highest BCUT2D eigenvalue weighted by atomic mass is 16.6. The van der Waals surface area contributed by atoms with Crippen molar-refractivity contribution in [3.63, 3.8) is 0 Å². The summed E-state index contributed by atoms with van der Waals surface area (Å²) in [5, 5.41) is 18.2. The lowest BCUT2D eigenvalue weighted by Gasteiger charge is -2.08. The lowest BCUT2D eigenvalue weighted by Crippen LogP contribution is -2.18. The van der Waals surface area contributed by atoms with Crippen LogP contribution >= 0.6 is 0 Å². The van der Waals surface area contributed by atoms with Gasteiger partial charge in [-0.05, 0) is 43.2 Å². The molecule has 0 saturated carbocycles. The van der Waals surface area contributed by atoms with E-state index >= 15 is 0 Å². The van der Waals surface area contributed by atoms with Crippen molar-refractivity contribution in [2.45, 2.75) is 33.4 Å². The molecule has 1 aromatic heterocycles. The Morgan fingerprint density at radius 1 is 0.974 bits per heavy atom. The molecule has 0 bridgehead atoms. The third-order valence-electron chi connectivity index (χ3n) is 6.33. The molecule has 0 fully saturated rings. The van der Waals surface area contributed by atoms with Crippen LogP contribution in [0.2, 0.25) is 0 Å². The van der Waals surface area contributed by atoms with Crippen LogP contribution in [0.15, 0.2) is 72.8 Å². The number of ketones is 1. The highest BCUT2D eigenvalue weighted by Gasteiger charge is 2.17. The number of non-ortho nitro benzene ring substituents is 1. The van der Waals surface area contributed by atoms with Gasteiger partial charge in [0.1, 0.15) is 12.4 Å². The monoisotopic (exact) mass is 512 g/mol. The number of rotatable bonds is 10. The first kappa shape index (κ1) is 26.3. The van der Waals surface area contributed by atoms with Crippen LogP contribution in [-0.4, -0.2) is 33.4 Å². The van der Waals surface area contributed by atoms with Gasteiger partial charge in [0.2, 0.25) is 0 Å². The predicted octanol–water partition coefficient (Wildman–Crippen LogP) is 4.82. The Hall–Kier alpha value is -4.79. The number of Topliss-reactive ketones (excluding diaryl/α,β-unsaturated/α-hetero) is 1. The van der Waals surface area contributed by atoms with Crippen LogP contribution < -0.4 is 10.1 Å². The highest BCUT2D eigenvalue weighted by molar-refractivity contribution is 5.97. The molecule has 0 radical (unpaired) electrons. The van der Waals surface area contributed by atoms with Gasteiger partial charge in [0.25, 0.3) is 11.6 Å². The first-order valence-corrected chi connectivity index (χ1v) is 12.1. The number of carbonyl (C=O) groups is 2. The van der Waals surface area contributed by atoms with E-state index in [2.05, 4.69) is 10.4 Å². The zero-order chi connectivity index (χ0) is 27.2. The second kappa shape index (κ2) is 11.5. The van der Waals surface area contributed by atoms with E-state index in [1.54, 1.807) is 37.4 Å². The van der Waals surface area contributed by atoms with Gasteiger partial charge >= 0.3 is 0 Å². The molecule has 0 atom stereocenters. The predicted molar refractivity (Wildman–Crippen MR) is 143 cm³/mol. The topological polar surface area (TPSA) is 116 Å². The Bertz CT molecular complexity index is 1490. The highest BCUT2D eigenvalue weighted by Crippen LogP contribution is 2.21. The number of ether oxygens (including phenoxy) is 1. The van der Waals surface area contributed by atoms with E-state index in [1.165, 1.54) is 12.1 Å². The molecule has 9 heteroatoms. The molecule has 0 saturated heterocycles. The summed E-state index contributed by atoms with van der Waals surface area (Å²) in [4.78, 5) is 35.5. The number of aryl methyl sites for hydroxylation is 1. The van der Waals surface area contributed by atoms with Crippen molar-refractivity contribution in [2.75, 3.05) is 7.05 Å². The van der Waals surface area contributed by atoms with Crippen LogP contribution in [0.1, 0.15) is 48.8 Å². The zero-order valence-electron chi connectivity index (χ0n) is 21.4. The Labute approximate surface area is 220 Å². The van der Waals surface area contributed by atoms with Crippen molar-refractivity contribution in [1.82, 2.24) is 15.1 Å². The Morgan fingerprint density at radius 3 is 2.42 bits per heavy atom. The Kier molecular flexibility index (Phi) is 7.96. The van der Waals surface area contributed by atoms with Gasteiger partial charge in [0.15, 0.2) is 5.78 Å². The molecule has 38 heavy (non-hydrogen) atoms. The van der Waals surface area contributed by atoms with E-state index < -0.39 is 4.92 Å². The number of benzene rings is 3. The summed E-state index contributed by atoms with van der Waals surface area (Å²) in [7, 11) is 1.60. The molecule has 0 unspecified atom stereocenters. The first-order valence-electron chi connectivity index (χ1n) is 12.1. The van der Waals surface area contributed by atoms with Crippen molar-refractivity contribution in [2.24, 2.45) is 0 Å². The first-order chi connectivity index (χ1) is 18.2. The summed E-state index contributed by atoms with van der Waals surface area (Å²) in [6, 6.07) is 20.5. The smallest absolute Gasteiger partial charge is 0.273 e. The van der Waals surface area contributed by atoms with Crippen molar-refractivity contribution < 1.29 is 19.2 Å². The van der Waals surface area contributed by atoms with Crippen LogP contribution in [0.3, 0.4) is 0 Å². The summed E-state index contributed by atoms with van der Waals surface area (Å²) in [6.07, 6.45) is 0.222. The minimum atomic E-state index is -0.467. The maximum absolute atomic E-state index is 13.1. The molecule has 0 spiro atoms. The van der Waals surface area contributed by atoms with E-state index in [0.717, 1.165) is 28.1 Å². The number of nitro benzene ring substituents is 1. The van der Waals surface area contributed by atoms with Gasteiger partial charge in [0, 0.05) is 41.9 Å². The minimum Gasteiger partial charge on any atom is -0.489 e. The number of nitrogens with zero attached hydrogens (tertiary/aromatic N) is 3. The summed E-state index contributed by atoms with van der Waals surface area (Å²) in [5.41, 5.74) is 5.49. The van der Waals surface area contributed by atoms with Gasteiger partial charge in [-0.25, -0.2) is 0 Å². The number of aromatic nitrogens is 2. The fraction of sp³-hybridized carbons (Fsp3) is 0.207. The van der Waals surface area contributed by atoms with E-state index in [-0.39, 0.29) is 30.4 Å². The fourth-order valence-electron chi connectivity index (χ4n) is 4.17. The molecule has 4 aromatic rings. The molecule has 4 rings (SSSR count). The van der Waals surface area contributed by atoms with Crippen LogP contribution in [0.5, 0.6) is 5.75 Å². The summed E-state index contributed by atoms with van der Waals surface area (Å²) >= 11 is 0. The van der Waals surface area contributed by atoms with Crippen molar-refractivity contribution in [3.8, 4) is 5.75 Å². The molecule has 0 aliphatic heterocycles. The van der Waals surface area contributed by atoms with E-state index in [0.29, 0.717) is 23.4 Å². The van der Waals surface area contributed by atoms with E-state index in [1.807, 2.05) is 48.9 Å². The number of hydrogen-bond donors (Lipinski definition) is 1. The second-order valence-corrected chi connectivity index (χ2v) is 8.93. The Balaban J connectivity index is 1.40. The summed E-state index contributed by atoms with van der Waals surface area (Å²) < 4.78 is 7.52. The molecule has 9 nitrogen and oxygen atoms in total. The third-order valence-corrected chi connectivity index (χ3v) is 6.33. The normalized spacial score (nSPS) is 10.7. The van der Waals surface area contributed by atoms with Crippen LogP contribution in [0, 0.1) is 24.0 Å². The van der Waals surface area contributed by atoms with Gasteiger partial charge in [-0.3, -0.25) is 24.4 Å². The van der Waals surface area contributed by atoms with Crippen LogP contribution in [0.4, 0.5) is 5.69 Å². The van der Waals surface area contributed by atoms with Crippen molar-refractivity contribution in [3.05, 3.63) is 122 Å².